The molecule has 0 aliphatic heterocycles. The van der Waals surface area contributed by atoms with Crippen molar-refractivity contribution in [2.75, 3.05) is 24.5 Å². The first-order valence-electron chi connectivity index (χ1n) is 9.14. The summed E-state index contributed by atoms with van der Waals surface area (Å²) >= 11 is 5.84. The van der Waals surface area contributed by atoms with Gasteiger partial charge in [0.15, 0.2) is 0 Å². The van der Waals surface area contributed by atoms with E-state index >= 15 is 0 Å². The summed E-state index contributed by atoms with van der Waals surface area (Å²) in [5, 5.41) is 5.42. The fourth-order valence-electron chi connectivity index (χ4n) is 2.60. The zero-order valence-corrected chi connectivity index (χ0v) is 16.7. The van der Waals surface area contributed by atoms with Crippen LogP contribution in [0.4, 0.5) is 10.2 Å². The average Bonchev–Trinajstić information content (AvgIpc) is 2.68. The molecule has 0 atom stereocenters. The van der Waals surface area contributed by atoms with Crippen molar-refractivity contribution in [3.8, 4) is 0 Å². The van der Waals surface area contributed by atoms with E-state index < -0.39 is 11.7 Å². The van der Waals surface area contributed by atoms with Crippen molar-refractivity contribution < 1.29 is 14.0 Å². The first kappa shape index (κ1) is 21.6. The third-order valence-electron chi connectivity index (χ3n) is 4.20. The van der Waals surface area contributed by atoms with E-state index in [1.54, 1.807) is 6.20 Å². The lowest BCUT2D eigenvalue weighted by molar-refractivity contribution is -0.121. The molecule has 0 bridgehead atoms. The van der Waals surface area contributed by atoms with E-state index in [2.05, 4.69) is 34.4 Å². The topological polar surface area (TPSA) is 74.3 Å². The van der Waals surface area contributed by atoms with Crippen LogP contribution in [0.3, 0.4) is 0 Å². The molecule has 0 aliphatic rings. The van der Waals surface area contributed by atoms with Gasteiger partial charge in [-0.15, -0.1) is 0 Å². The Kier molecular flexibility index (Phi) is 8.19. The smallest absolute Gasteiger partial charge is 0.252 e. The van der Waals surface area contributed by atoms with Gasteiger partial charge in [0.2, 0.25) is 5.91 Å². The molecule has 0 radical (unpaired) electrons. The molecule has 1 aromatic heterocycles. The van der Waals surface area contributed by atoms with E-state index in [1.165, 1.54) is 6.07 Å². The third kappa shape index (κ3) is 6.20. The van der Waals surface area contributed by atoms with Crippen LogP contribution in [0.5, 0.6) is 0 Å². The number of nitrogens with zero attached hydrogens (tertiary/aromatic N) is 2. The van der Waals surface area contributed by atoms with Crippen LogP contribution in [0.2, 0.25) is 5.02 Å². The van der Waals surface area contributed by atoms with Crippen molar-refractivity contribution in [3.05, 3.63) is 58.5 Å². The van der Waals surface area contributed by atoms with Gasteiger partial charge >= 0.3 is 0 Å². The second kappa shape index (κ2) is 10.6. The molecule has 150 valence electrons. The zero-order chi connectivity index (χ0) is 20.5. The van der Waals surface area contributed by atoms with Crippen LogP contribution in [-0.2, 0) is 11.3 Å². The van der Waals surface area contributed by atoms with Gasteiger partial charge in [0.25, 0.3) is 5.91 Å². The Labute approximate surface area is 169 Å². The number of pyridine rings is 1. The van der Waals surface area contributed by atoms with E-state index in [0.29, 0.717) is 6.54 Å². The van der Waals surface area contributed by atoms with E-state index in [4.69, 9.17) is 11.6 Å². The Morgan fingerprint density at radius 3 is 2.50 bits per heavy atom. The number of hydrogen-bond donors (Lipinski definition) is 2. The molecule has 0 saturated heterocycles. The number of aromatic nitrogens is 1. The molecule has 0 fully saturated rings. The van der Waals surface area contributed by atoms with Gasteiger partial charge in [-0.05, 0) is 43.7 Å². The van der Waals surface area contributed by atoms with E-state index in [-0.39, 0.29) is 29.5 Å². The number of carbonyl (C=O) groups is 2. The van der Waals surface area contributed by atoms with Gasteiger partial charge < -0.3 is 15.5 Å². The Bertz CT molecular complexity index is 810. The van der Waals surface area contributed by atoms with Gasteiger partial charge in [-0.25, -0.2) is 9.37 Å². The standard InChI is InChI=1S/C20H24ClFN4O2/c1-3-26(4-2)18-8-5-14(12-24-18)13-25-19(27)9-10-23-20(28)16-7-6-15(22)11-17(16)21/h5-8,11-12H,3-4,9-10,13H2,1-2H3,(H,23,28)(H,25,27). The van der Waals surface area contributed by atoms with Crippen molar-refractivity contribution in [3.63, 3.8) is 0 Å². The number of rotatable bonds is 9. The van der Waals surface area contributed by atoms with Crippen molar-refractivity contribution in [1.82, 2.24) is 15.6 Å². The molecule has 0 aliphatic carbocycles. The molecule has 8 heteroatoms. The van der Waals surface area contributed by atoms with Crippen LogP contribution in [0.1, 0.15) is 36.2 Å². The van der Waals surface area contributed by atoms with Crippen LogP contribution >= 0.6 is 11.6 Å². The molecule has 0 spiro atoms. The Balaban J connectivity index is 1.74. The number of carbonyl (C=O) groups excluding carboxylic acids is 2. The summed E-state index contributed by atoms with van der Waals surface area (Å²) in [7, 11) is 0. The summed E-state index contributed by atoms with van der Waals surface area (Å²) < 4.78 is 13.0. The number of amides is 2. The van der Waals surface area contributed by atoms with E-state index in [9.17, 15) is 14.0 Å². The number of halogens is 2. The van der Waals surface area contributed by atoms with E-state index in [0.717, 1.165) is 36.6 Å². The molecule has 1 heterocycles. The fourth-order valence-corrected chi connectivity index (χ4v) is 2.86. The van der Waals surface area contributed by atoms with E-state index in [1.807, 2.05) is 12.1 Å². The highest BCUT2D eigenvalue weighted by Gasteiger charge is 2.11. The highest BCUT2D eigenvalue weighted by atomic mass is 35.5. The van der Waals surface area contributed by atoms with Crippen LogP contribution in [0, 0.1) is 5.82 Å². The van der Waals surface area contributed by atoms with Crippen molar-refractivity contribution >= 4 is 29.2 Å². The lowest BCUT2D eigenvalue weighted by Gasteiger charge is -2.19. The maximum absolute atomic E-state index is 13.0. The lowest BCUT2D eigenvalue weighted by atomic mass is 10.2. The van der Waals surface area contributed by atoms with Crippen LogP contribution < -0.4 is 15.5 Å². The van der Waals surface area contributed by atoms with Crippen LogP contribution in [0.15, 0.2) is 36.5 Å². The molecule has 2 N–H and O–H groups in total. The van der Waals surface area contributed by atoms with Gasteiger partial charge in [-0.1, -0.05) is 17.7 Å². The minimum atomic E-state index is -0.513. The minimum absolute atomic E-state index is 0.0302. The predicted molar refractivity (Wildman–Crippen MR) is 108 cm³/mol. The average molecular weight is 407 g/mol. The lowest BCUT2D eigenvalue weighted by Crippen LogP contribution is -2.30. The SMILES string of the molecule is CCN(CC)c1ccc(CNC(=O)CCNC(=O)c2ccc(F)cc2Cl)cn1. The number of benzene rings is 1. The van der Waals surface area contributed by atoms with Gasteiger partial charge in [0.1, 0.15) is 11.6 Å². The minimum Gasteiger partial charge on any atom is -0.357 e. The summed E-state index contributed by atoms with van der Waals surface area (Å²) in [6.07, 6.45) is 1.86. The summed E-state index contributed by atoms with van der Waals surface area (Å²) in [5.74, 6) is -0.255. The molecule has 0 unspecified atom stereocenters. The molecule has 28 heavy (non-hydrogen) atoms. The zero-order valence-electron chi connectivity index (χ0n) is 16.0. The Morgan fingerprint density at radius 2 is 1.89 bits per heavy atom. The summed E-state index contributed by atoms with van der Waals surface area (Å²) in [6.45, 7) is 6.42. The molecule has 2 rings (SSSR count). The highest BCUT2D eigenvalue weighted by molar-refractivity contribution is 6.33. The molecule has 2 amide bonds. The second-order valence-electron chi connectivity index (χ2n) is 6.10. The highest BCUT2D eigenvalue weighted by Crippen LogP contribution is 2.17. The van der Waals surface area contributed by atoms with Gasteiger partial charge in [0, 0.05) is 38.8 Å². The van der Waals surface area contributed by atoms with Gasteiger partial charge in [-0.3, -0.25) is 9.59 Å². The Hall–Kier alpha value is -2.67. The number of hydrogen-bond acceptors (Lipinski definition) is 4. The third-order valence-corrected chi connectivity index (χ3v) is 4.51. The molecule has 6 nitrogen and oxygen atoms in total. The monoisotopic (exact) mass is 406 g/mol. The largest absolute Gasteiger partial charge is 0.357 e. The maximum Gasteiger partial charge on any atom is 0.252 e. The molecule has 0 saturated carbocycles. The maximum atomic E-state index is 13.0. The van der Waals surface area contributed by atoms with Crippen LogP contribution in [-0.4, -0.2) is 36.4 Å². The second-order valence-corrected chi connectivity index (χ2v) is 6.51. The first-order valence-corrected chi connectivity index (χ1v) is 9.52. The summed E-state index contributed by atoms with van der Waals surface area (Å²) in [6, 6.07) is 7.40. The normalized spacial score (nSPS) is 10.4. The molecular formula is C20H24ClFN4O2. The fraction of sp³-hybridized carbons (Fsp3) is 0.350. The number of nitrogens with one attached hydrogen (secondary N) is 2. The number of anilines is 1. The van der Waals surface area contributed by atoms with Crippen molar-refractivity contribution in [1.29, 1.82) is 0 Å². The van der Waals surface area contributed by atoms with Crippen LogP contribution in [0.25, 0.3) is 0 Å². The molecule has 1 aromatic carbocycles. The summed E-state index contributed by atoms with van der Waals surface area (Å²) in [5.41, 5.74) is 1.06. The van der Waals surface area contributed by atoms with Gasteiger partial charge in [0.05, 0.1) is 10.6 Å². The predicted octanol–water partition coefficient (Wildman–Crippen LogP) is 3.16. The first-order chi connectivity index (χ1) is 13.4. The molecule has 2 aromatic rings. The molecular weight excluding hydrogens is 383 g/mol. The van der Waals surface area contributed by atoms with Crippen molar-refractivity contribution in [2.24, 2.45) is 0 Å². The van der Waals surface area contributed by atoms with Gasteiger partial charge in [-0.2, -0.15) is 0 Å². The summed E-state index contributed by atoms with van der Waals surface area (Å²) in [4.78, 5) is 30.5. The quantitative estimate of drug-likeness (QED) is 0.670. The Morgan fingerprint density at radius 1 is 1.14 bits per heavy atom. The van der Waals surface area contributed by atoms with Crippen molar-refractivity contribution in [2.45, 2.75) is 26.8 Å².